The summed E-state index contributed by atoms with van der Waals surface area (Å²) in [4.78, 5) is 0. The molecule has 0 fully saturated rings. The Bertz CT molecular complexity index is 656. The summed E-state index contributed by atoms with van der Waals surface area (Å²) in [6, 6.07) is 14.7. The fraction of sp³-hybridized carbons (Fsp3) is 0.0667. The van der Waals surface area contributed by atoms with Crippen molar-refractivity contribution in [2.45, 2.75) is 0 Å². The number of hydrogen-bond donors (Lipinski definition) is 1. The lowest BCUT2D eigenvalue weighted by Gasteiger charge is -2.15. The molecule has 0 aliphatic carbocycles. The number of halogens is 2. The van der Waals surface area contributed by atoms with Gasteiger partial charge in [0.25, 0.3) is 0 Å². The number of nitrogens with zero attached hydrogens (tertiary/aromatic N) is 2. The molecule has 2 rings (SSSR count). The summed E-state index contributed by atoms with van der Waals surface area (Å²) in [5.41, 5.74) is 1.68. The number of anilines is 1. The molecule has 0 spiro atoms. The molecule has 0 aliphatic heterocycles. The maximum Gasteiger partial charge on any atom is 0.193 e. The van der Waals surface area contributed by atoms with E-state index in [4.69, 9.17) is 35.4 Å². The minimum Gasteiger partial charge on any atom is -0.331 e. The van der Waals surface area contributed by atoms with Crippen LogP contribution in [0, 0.1) is 0 Å². The molecule has 108 valence electrons. The average Bonchev–Trinajstić information content (AvgIpc) is 2.48. The van der Waals surface area contributed by atoms with E-state index < -0.39 is 0 Å². The van der Waals surface area contributed by atoms with Crippen molar-refractivity contribution in [3.05, 3.63) is 64.1 Å². The van der Waals surface area contributed by atoms with Crippen LogP contribution in [0.4, 0.5) is 5.69 Å². The zero-order valence-corrected chi connectivity index (χ0v) is 13.6. The van der Waals surface area contributed by atoms with Crippen LogP contribution in [0.25, 0.3) is 0 Å². The zero-order chi connectivity index (χ0) is 15.2. The van der Waals surface area contributed by atoms with Gasteiger partial charge in [-0.15, -0.1) is 0 Å². The minimum absolute atomic E-state index is 0.473. The van der Waals surface area contributed by atoms with Gasteiger partial charge in [0, 0.05) is 28.3 Å². The van der Waals surface area contributed by atoms with E-state index in [0.717, 1.165) is 11.3 Å². The van der Waals surface area contributed by atoms with Gasteiger partial charge in [-0.2, -0.15) is 5.10 Å². The number of benzene rings is 2. The van der Waals surface area contributed by atoms with Crippen molar-refractivity contribution in [1.29, 1.82) is 0 Å². The molecule has 0 aromatic heterocycles. The van der Waals surface area contributed by atoms with Crippen LogP contribution in [0.2, 0.25) is 10.0 Å². The molecule has 0 radical (unpaired) electrons. The molecule has 0 atom stereocenters. The number of hydrogen-bond acceptors (Lipinski definition) is 2. The van der Waals surface area contributed by atoms with Crippen molar-refractivity contribution < 1.29 is 0 Å². The summed E-state index contributed by atoms with van der Waals surface area (Å²) in [5, 5.41) is 10.7. The van der Waals surface area contributed by atoms with Gasteiger partial charge in [-0.05, 0) is 42.5 Å². The van der Waals surface area contributed by atoms with Crippen LogP contribution in [-0.2, 0) is 0 Å². The summed E-state index contributed by atoms with van der Waals surface area (Å²) < 4.78 is 0. The summed E-state index contributed by atoms with van der Waals surface area (Å²) in [6.45, 7) is 0. The summed E-state index contributed by atoms with van der Waals surface area (Å²) >= 11 is 17.2. The Balaban J connectivity index is 1.99. The topological polar surface area (TPSA) is 27.6 Å². The second-order valence-corrected chi connectivity index (χ2v) is 5.46. The smallest absolute Gasteiger partial charge is 0.193 e. The minimum atomic E-state index is 0.473. The molecule has 2 aromatic carbocycles. The standard InChI is InChI=1S/C15H13Cl2N3S/c1-20(18-10-11-4-2-3-5-14(11)17)15(21)19-13-8-6-12(16)7-9-13/h2-10H,1H3,(H,19,21)/b18-10+. The Hall–Kier alpha value is -1.62. The van der Waals surface area contributed by atoms with Gasteiger partial charge >= 0.3 is 0 Å². The predicted octanol–water partition coefficient (Wildman–Crippen LogP) is 4.66. The largest absolute Gasteiger partial charge is 0.331 e. The van der Waals surface area contributed by atoms with Crippen molar-refractivity contribution >= 4 is 52.4 Å². The molecular weight excluding hydrogens is 325 g/mol. The quantitative estimate of drug-likeness (QED) is 0.501. The Labute approximate surface area is 139 Å². The summed E-state index contributed by atoms with van der Waals surface area (Å²) in [7, 11) is 1.76. The normalized spacial score (nSPS) is 10.6. The average molecular weight is 338 g/mol. The van der Waals surface area contributed by atoms with Gasteiger partial charge in [0.15, 0.2) is 5.11 Å². The molecule has 0 bridgehead atoms. The Kier molecular flexibility index (Phi) is 5.56. The number of nitrogens with one attached hydrogen (secondary N) is 1. The Morgan fingerprint density at radius 1 is 1.14 bits per heavy atom. The molecule has 0 amide bonds. The summed E-state index contributed by atoms with van der Waals surface area (Å²) in [6.07, 6.45) is 1.66. The predicted molar refractivity (Wildman–Crippen MR) is 94.5 cm³/mol. The van der Waals surface area contributed by atoms with Crippen LogP contribution >= 0.6 is 35.4 Å². The van der Waals surface area contributed by atoms with Crippen LogP contribution in [0.3, 0.4) is 0 Å². The first kappa shape index (κ1) is 15.8. The van der Waals surface area contributed by atoms with Crippen LogP contribution in [0.5, 0.6) is 0 Å². The lowest BCUT2D eigenvalue weighted by Crippen LogP contribution is -2.26. The second kappa shape index (κ2) is 7.41. The third kappa shape index (κ3) is 4.70. The molecule has 3 nitrogen and oxygen atoms in total. The SMILES string of the molecule is CN(/N=C/c1ccccc1Cl)C(=S)Nc1ccc(Cl)cc1. The molecular formula is C15H13Cl2N3S. The second-order valence-electron chi connectivity index (χ2n) is 4.23. The van der Waals surface area contributed by atoms with Crippen LogP contribution < -0.4 is 5.32 Å². The molecule has 0 aliphatic rings. The van der Waals surface area contributed by atoms with Gasteiger partial charge in [-0.25, -0.2) is 5.01 Å². The lowest BCUT2D eigenvalue weighted by molar-refractivity contribution is 0.557. The number of thiocarbonyl (C=S) groups is 1. The molecule has 0 heterocycles. The highest BCUT2D eigenvalue weighted by Crippen LogP contribution is 2.14. The van der Waals surface area contributed by atoms with E-state index >= 15 is 0 Å². The Morgan fingerprint density at radius 2 is 1.81 bits per heavy atom. The first-order valence-electron chi connectivity index (χ1n) is 6.15. The molecule has 1 N–H and O–H groups in total. The van der Waals surface area contributed by atoms with Crippen molar-refractivity contribution in [1.82, 2.24) is 5.01 Å². The zero-order valence-electron chi connectivity index (χ0n) is 11.3. The van der Waals surface area contributed by atoms with Crippen LogP contribution in [0.15, 0.2) is 53.6 Å². The third-order valence-electron chi connectivity index (χ3n) is 2.66. The lowest BCUT2D eigenvalue weighted by atomic mass is 10.2. The summed E-state index contributed by atoms with van der Waals surface area (Å²) in [5.74, 6) is 0. The highest BCUT2D eigenvalue weighted by atomic mass is 35.5. The van der Waals surface area contributed by atoms with Gasteiger partial charge < -0.3 is 5.32 Å². The van der Waals surface area contributed by atoms with Gasteiger partial charge in [0.05, 0.1) is 6.21 Å². The van der Waals surface area contributed by atoms with Crippen molar-refractivity contribution in [3.8, 4) is 0 Å². The number of rotatable bonds is 3. The first-order valence-corrected chi connectivity index (χ1v) is 7.31. The fourth-order valence-corrected chi connectivity index (χ4v) is 1.99. The van der Waals surface area contributed by atoms with Gasteiger partial charge in [0.1, 0.15) is 0 Å². The molecule has 0 unspecified atom stereocenters. The van der Waals surface area contributed by atoms with E-state index in [2.05, 4.69) is 10.4 Å². The molecule has 2 aromatic rings. The van der Waals surface area contributed by atoms with E-state index in [-0.39, 0.29) is 0 Å². The van der Waals surface area contributed by atoms with Crippen LogP contribution in [0.1, 0.15) is 5.56 Å². The Morgan fingerprint density at radius 3 is 2.48 bits per heavy atom. The molecule has 21 heavy (non-hydrogen) atoms. The van der Waals surface area contributed by atoms with E-state index in [1.165, 1.54) is 0 Å². The molecule has 6 heteroatoms. The van der Waals surface area contributed by atoms with Crippen molar-refractivity contribution in [2.24, 2.45) is 5.10 Å². The molecule has 0 saturated carbocycles. The first-order chi connectivity index (χ1) is 10.1. The third-order valence-corrected chi connectivity index (χ3v) is 3.63. The van der Waals surface area contributed by atoms with E-state index in [0.29, 0.717) is 15.2 Å². The van der Waals surface area contributed by atoms with Gasteiger partial charge in [-0.1, -0.05) is 41.4 Å². The van der Waals surface area contributed by atoms with E-state index in [9.17, 15) is 0 Å². The van der Waals surface area contributed by atoms with Gasteiger partial charge in [-0.3, -0.25) is 0 Å². The fourth-order valence-electron chi connectivity index (χ4n) is 1.52. The van der Waals surface area contributed by atoms with Crippen molar-refractivity contribution in [3.63, 3.8) is 0 Å². The van der Waals surface area contributed by atoms with E-state index in [1.54, 1.807) is 30.4 Å². The maximum atomic E-state index is 6.06. The monoisotopic (exact) mass is 337 g/mol. The maximum absolute atomic E-state index is 6.06. The number of hydrazone groups is 1. The highest BCUT2D eigenvalue weighted by Gasteiger charge is 2.03. The van der Waals surface area contributed by atoms with Crippen LogP contribution in [-0.4, -0.2) is 23.4 Å². The van der Waals surface area contributed by atoms with E-state index in [1.807, 2.05) is 36.4 Å². The highest BCUT2D eigenvalue weighted by molar-refractivity contribution is 7.80. The van der Waals surface area contributed by atoms with Crippen molar-refractivity contribution in [2.75, 3.05) is 12.4 Å². The molecule has 0 saturated heterocycles. The van der Waals surface area contributed by atoms with Gasteiger partial charge in [0.2, 0.25) is 0 Å².